The van der Waals surface area contributed by atoms with Crippen molar-refractivity contribution in [3.63, 3.8) is 0 Å². The lowest BCUT2D eigenvalue weighted by Crippen LogP contribution is -2.12. The van der Waals surface area contributed by atoms with Gasteiger partial charge in [0.25, 0.3) is 10.0 Å². The fraction of sp³-hybridized carbons (Fsp3) is 0.0625. The minimum atomic E-state index is -3.63. The first-order valence-electron chi connectivity index (χ1n) is 6.44. The summed E-state index contributed by atoms with van der Waals surface area (Å²) in [5, 5.41) is 0.767. The molecule has 21 heavy (non-hydrogen) atoms. The maximum absolute atomic E-state index is 12.7. The number of fused-ring (bicyclic) bond motifs is 1. The molecule has 3 rings (SSSR count). The number of hydrogen-bond acceptors (Lipinski definition) is 3. The summed E-state index contributed by atoms with van der Waals surface area (Å²) in [6.07, 6.45) is 4.81. The summed E-state index contributed by atoms with van der Waals surface area (Å²) in [5.74, 6) is 0. The summed E-state index contributed by atoms with van der Waals surface area (Å²) in [6.45, 7) is 5.60. The molecule has 4 nitrogen and oxygen atoms in total. The first kappa shape index (κ1) is 13.6. The van der Waals surface area contributed by atoms with Crippen LogP contribution in [0.2, 0.25) is 0 Å². The Hall–Kier alpha value is -2.40. The molecule has 0 aliphatic carbocycles. The minimum absolute atomic E-state index is 0.250. The molecule has 5 heteroatoms. The highest BCUT2D eigenvalue weighted by Crippen LogP contribution is 2.22. The zero-order chi connectivity index (χ0) is 15.0. The molecule has 0 radical (unpaired) electrons. The van der Waals surface area contributed by atoms with E-state index in [2.05, 4.69) is 11.6 Å². The normalized spacial score (nSPS) is 11.7. The topological polar surface area (TPSA) is 52.0 Å². The SMILES string of the molecule is C=Cc1cnc2c(ccn2S(=O)(=O)c2ccc(C)cc2)c1. The van der Waals surface area contributed by atoms with Gasteiger partial charge in [-0.25, -0.2) is 17.4 Å². The summed E-state index contributed by atoms with van der Waals surface area (Å²) in [6, 6.07) is 10.4. The van der Waals surface area contributed by atoms with Gasteiger partial charge in [0.2, 0.25) is 0 Å². The third kappa shape index (κ3) is 2.25. The highest BCUT2D eigenvalue weighted by atomic mass is 32.2. The Morgan fingerprint density at radius 1 is 1.19 bits per heavy atom. The average Bonchev–Trinajstić information content (AvgIpc) is 2.91. The van der Waals surface area contributed by atoms with Gasteiger partial charge in [-0.15, -0.1) is 0 Å². The Balaban J connectivity index is 2.19. The van der Waals surface area contributed by atoms with Crippen molar-refractivity contribution in [3.8, 4) is 0 Å². The van der Waals surface area contributed by atoms with Crippen molar-refractivity contribution in [1.82, 2.24) is 8.96 Å². The van der Waals surface area contributed by atoms with Crippen molar-refractivity contribution in [2.45, 2.75) is 11.8 Å². The zero-order valence-corrected chi connectivity index (χ0v) is 12.3. The molecule has 0 aliphatic heterocycles. The predicted molar refractivity (Wildman–Crippen MR) is 83.6 cm³/mol. The van der Waals surface area contributed by atoms with Crippen molar-refractivity contribution >= 4 is 27.1 Å². The molecular weight excluding hydrogens is 284 g/mol. The molecule has 106 valence electrons. The molecule has 0 amide bonds. The number of aromatic nitrogens is 2. The van der Waals surface area contributed by atoms with Crippen LogP contribution in [0, 0.1) is 6.92 Å². The number of rotatable bonds is 3. The lowest BCUT2D eigenvalue weighted by Gasteiger charge is -2.07. The third-order valence-electron chi connectivity index (χ3n) is 3.33. The smallest absolute Gasteiger partial charge is 0.237 e. The molecule has 0 bridgehead atoms. The first-order chi connectivity index (χ1) is 10.0. The van der Waals surface area contributed by atoms with E-state index in [-0.39, 0.29) is 4.90 Å². The van der Waals surface area contributed by atoms with Gasteiger partial charge in [0.05, 0.1) is 4.90 Å². The average molecular weight is 298 g/mol. The van der Waals surface area contributed by atoms with Crippen LogP contribution in [0.3, 0.4) is 0 Å². The van der Waals surface area contributed by atoms with Crippen molar-refractivity contribution in [1.29, 1.82) is 0 Å². The van der Waals surface area contributed by atoms with E-state index >= 15 is 0 Å². The van der Waals surface area contributed by atoms with Crippen molar-refractivity contribution in [3.05, 3.63) is 66.5 Å². The Bertz CT molecular complexity index is 923. The molecule has 3 aromatic rings. The molecule has 0 saturated heterocycles. The van der Waals surface area contributed by atoms with Crippen molar-refractivity contribution in [2.24, 2.45) is 0 Å². The highest BCUT2D eigenvalue weighted by Gasteiger charge is 2.19. The second kappa shape index (κ2) is 4.86. The Kier molecular flexibility index (Phi) is 3.14. The standard InChI is InChI=1S/C16H14N2O2S/c1-3-13-10-14-8-9-18(16(14)17-11-13)21(19,20)15-6-4-12(2)5-7-15/h3-11H,1H2,2H3. The number of pyridine rings is 1. The van der Waals surface area contributed by atoms with Gasteiger partial charge >= 0.3 is 0 Å². The molecule has 0 aliphatic rings. The third-order valence-corrected chi connectivity index (χ3v) is 5.01. The summed E-state index contributed by atoms with van der Waals surface area (Å²) in [5.41, 5.74) is 2.29. The van der Waals surface area contributed by atoms with Gasteiger partial charge in [0.15, 0.2) is 5.65 Å². The molecule has 0 fully saturated rings. The number of benzene rings is 1. The summed E-state index contributed by atoms with van der Waals surface area (Å²) in [7, 11) is -3.63. The molecule has 2 aromatic heterocycles. The van der Waals surface area contributed by atoms with Crippen LogP contribution >= 0.6 is 0 Å². The molecule has 1 aromatic carbocycles. The van der Waals surface area contributed by atoms with Crippen LogP contribution in [0.25, 0.3) is 17.1 Å². The molecule has 0 saturated carbocycles. The molecule has 0 atom stereocenters. The van der Waals surface area contributed by atoms with Crippen molar-refractivity contribution < 1.29 is 8.42 Å². The Labute approximate surface area is 123 Å². The molecule has 0 N–H and O–H groups in total. The van der Waals surface area contributed by atoms with Crippen LogP contribution in [-0.4, -0.2) is 17.4 Å². The van der Waals surface area contributed by atoms with Gasteiger partial charge in [-0.3, -0.25) is 0 Å². The van der Waals surface area contributed by atoms with E-state index in [1.807, 2.05) is 13.0 Å². The van der Waals surface area contributed by atoms with E-state index in [0.717, 1.165) is 16.5 Å². The van der Waals surface area contributed by atoms with E-state index in [9.17, 15) is 8.42 Å². The van der Waals surface area contributed by atoms with Crippen LogP contribution < -0.4 is 0 Å². The largest absolute Gasteiger partial charge is 0.269 e. The number of nitrogens with zero attached hydrogens (tertiary/aromatic N) is 2. The maximum atomic E-state index is 12.7. The predicted octanol–water partition coefficient (Wildman–Crippen LogP) is 3.22. The van der Waals surface area contributed by atoms with E-state index in [0.29, 0.717) is 5.65 Å². The summed E-state index contributed by atoms with van der Waals surface area (Å²) >= 11 is 0. The van der Waals surface area contributed by atoms with Crippen LogP contribution in [0.15, 0.2) is 60.3 Å². The quantitative estimate of drug-likeness (QED) is 0.746. The molecular formula is C16H14N2O2S. The molecule has 2 heterocycles. The minimum Gasteiger partial charge on any atom is -0.237 e. The van der Waals surface area contributed by atoms with E-state index in [1.54, 1.807) is 42.6 Å². The van der Waals surface area contributed by atoms with Crippen LogP contribution in [0.5, 0.6) is 0 Å². The lowest BCUT2D eigenvalue weighted by molar-refractivity contribution is 0.588. The summed E-state index contributed by atoms with van der Waals surface area (Å²) < 4.78 is 26.6. The van der Waals surface area contributed by atoms with E-state index in [1.165, 1.54) is 10.2 Å². The van der Waals surface area contributed by atoms with Gasteiger partial charge in [-0.2, -0.15) is 0 Å². The second-order valence-corrected chi connectivity index (χ2v) is 6.63. The zero-order valence-electron chi connectivity index (χ0n) is 11.5. The lowest BCUT2D eigenvalue weighted by atomic mass is 10.2. The van der Waals surface area contributed by atoms with E-state index in [4.69, 9.17) is 0 Å². The van der Waals surface area contributed by atoms with E-state index < -0.39 is 10.0 Å². The maximum Gasteiger partial charge on any atom is 0.269 e. The van der Waals surface area contributed by atoms with Crippen molar-refractivity contribution in [2.75, 3.05) is 0 Å². The van der Waals surface area contributed by atoms with Gasteiger partial charge in [-0.1, -0.05) is 30.4 Å². The van der Waals surface area contributed by atoms with Gasteiger partial charge in [-0.05, 0) is 36.8 Å². The number of aryl methyl sites for hydroxylation is 1. The Morgan fingerprint density at radius 3 is 2.57 bits per heavy atom. The van der Waals surface area contributed by atoms with Gasteiger partial charge in [0, 0.05) is 17.8 Å². The van der Waals surface area contributed by atoms with Gasteiger partial charge < -0.3 is 0 Å². The highest BCUT2D eigenvalue weighted by molar-refractivity contribution is 7.90. The monoisotopic (exact) mass is 298 g/mol. The fourth-order valence-corrected chi connectivity index (χ4v) is 3.45. The first-order valence-corrected chi connectivity index (χ1v) is 7.88. The second-order valence-electron chi connectivity index (χ2n) is 4.82. The molecule has 0 unspecified atom stereocenters. The molecule has 0 spiro atoms. The number of hydrogen-bond donors (Lipinski definition) is 0. The Morgan fingerprint density at radius 2 is 1.90 bits per heavy atom. The fourth-order valence-electron chi connectivity index (χ4n) is 2.15. The summed E-state index contributed by atoms with van der Waals surface area (Å²) in [4.78, 5) is 4.48. The van der Waals surface area contributed by atoms with Crippen LogP contribution in [-0.2, 0) is 10.0 Å². The van der Waals surface area contributed by atoms with Gasteiger partial charge in [0.1, 0.15) is 0 Å². The van der Waals surface area contributed by atoms with Crippen LogP contribution in [0.4, 0.5) is 0 Å². The van der Waals surface area contributed by atoms with Crippen LogP contribution in [0.1, 0.15) is 11.1 Å².